The Labute approximate surface area is 80.7 Å². The molecule has 1 heterocycles. The molecule has 0 aromatic carbocycles. The Morgan fingerprint density at radius 3 is 2.88 bits per heavy atom. The molecule has 4 heteroatoms. The summed E-state index contributed by atoms with van der Waals surface area (Å²) in [6, 6.07) is 0. The first-order valence-electron chi connectivity index (χ1n) is 1.86. The van der Waals surface area contributed by atoms with Gasteiger partial charge in [-0.15, -0.1) is 23.1 Å². The van der Waals surface area contributed by atoms with Crippen LogP contribution in [0.2, 0.25) is 0 Å². The van der Waals surface area contributed by atoms with Crippen LogP contribution >= 0.6 is 23.1 Å². The molecule has 0 spiro atoms. The zero-order valence-electron chi connectivity index (χ0n) is 5.92. The first-order chi connectivity index (χ1) is 3.43. The average molecular weight is 155 g/mol. The molecule has 0 aliphatic carbocycles. The Hall–Kier alpha value is 0.980. The molecule has 1 aromatic rings. The minimum absolute atomic E-state index is 0. The SMILES string of the molecule is CSc1cncs1.[H-].[Na+]. The first-order valence-corrected chi connectivity index (χ1v) is 3.96. The van der Waals surface area contributed by atoms with Gasteiger partial charge in [0.1, 0.15) is 0 Å². The molecule has 1 nitrogen and oxygen atoms in total. The predicted octanol–water partition coefficient (Wildman–Crippen LogP) is -1.02. The van der Waals surface area contributed by atoms with E-state index >= 15 is 0 Å². The Morgan fingerprint density at radius 1 is 1.88 bits per heavy atom. The molecule has 0 aliphatic heterocycles. The van der Waals surface area contributed by atoms with Gasteiger partial charge in [0.25, 0.3) is 0 Å². The van der Waals surface area contributed by atoms with E-state index in [1.54, 1.807) is 23.1 Å². The summed E-state index contributed by atoms with van der Waals surface area (Å²) in [5.74, 6) is 0. The third-order valence-corrected chi connectivity index (χ3v) is 2.47. The second-order valence-corrected chi connectivity index (χ2v) is 3.02. The fourth-order valence-electron chi connectivity index (χ4n) is 0.305. The van der Waals surface area contributed by atoms with E-state index in [1.807, 2.05) is 18.0 Å². The van der Waals surface area contributed by atoms with Gasteiger partial charge >= 0.3 is 29.6 Å². The van der Waals surface area contributed by atoms with Crippen molar-refractivity contribution >= 4 is 23.1 Å². The number of rotatable bonds is 1. The molecule has 0 aliphatic rings. The smallest absolute Gasteiger partial charge is 1.00 e. The van der Waals surface area contributed by atoms with Crippen molar-refractivity contribution in [3.05, 3.63) is 11.7 Å². The van der Waals surface area contributed by atoms with Crippen LogP contribution in [0.4, 0.5) is 0 Å². The Morgan fingerprint density at radius 2 is 2.62 bits per heavy atom. The van der Waals surface area contributed by atoms with Crippen LogP contribution in [-0.2, 0) is 0 Å². The van der Waals surface area contributed by atoms with Crippen LogP contribution in [0.5, 0.6) is 0 Å². The van der Waals surface area contributed by atoms with E-state index < -0.39 is 0 Å². The van der Waals surface area contributed by atoms with Crippen molar-refractivity contribution in [1.29, 1.82) is 0 Å². The van der Waals surface area contributed by atoms with Crippen molar-refractivity contribution in [2.24, 2.45) is 0 Å². The summed E-state index contributed by atoms with van der Waals surface area (Å²) in [7, 11) is 0. The fraction of sp³-hybridized carbons (Fsp3) is 0.250. The topological polar surface area (TPSA) is 12.9 Å². The number of thioether (sulfide) groups is 1. The zero-order valence-corrected chi connectivity index (χ0v) is 8.55. The number of hydrogen-bond acceptors (Lipinski definition) is 3. The van der Waals surface area contributed by atoms with Crippen LogP contribution < -0.4 is 29.6 Å². The van der Waals surface area contributed by atoms with Gasteiger partial charge in [-0.05, 0) is 6.26 Å². The van der Waals surface area contributed by atoms with Crippen LogP contribution in [0.25, 0.3) is 0 Å². The maximum atomic E-state index is 3.89. The van der Waals surface area contributed by atoms with Gasteiger partial charge in [-0.3, -0.25) is 4.98 Å². The standard InChI is InChI=1S/C4H5NS2.Na.H/c1-6-4-2-5-3-7-4;;/h2-3H,1H3;;/q;+1;-1. The van der Waals surface area contributed by atoms with Gasteiger partial charge in [0.2, 0.25) is 0 Å². The van der Waals surface area contributed by atoms with E-state index in [9.17, 15) is 0 Å². The molecule has 0 amide bonds. The zero-order chi connectivity index (χ0) is 5.11. The number of nitrogens with zero attached hydrogens (tertiary/aromatic N) is 1. The number of hydrogen-bond donors (Lipinski definition) is 0. The fourth-order valence-corrected chi connectivity index (χ4v) is 1.33. The van der Waals surface area contributed by atoms with Gasteiger partial charge in [-0.1, -0.05) is 0 Å². The number of aromatic nitrogens is 1. The van der Waals surface area contributed by atoms with Gasteiger partial charge in [-0.2, -0.15) is 0 Å². The molecule has 8 heavy (non-hydrogen) atoms. The Balaban J connectivity index is 0. The van der Waals surface area contributed by atoms with Crippen molar-refractivity contribution in [3.8, 4) is 0 Å². The van der Waals surface area contributed by atoms with Crippen LogP contribution in [0, 0.1) is 0 Å². The molecule has 1 aromatic heterocycles. The van der Waals surface area contributed by atoms with Crippen LogP contribution in [-0.4, -0.2) is 11.2 Å². The third kappa shape index (κ3) is 2.51. The largest absolute Gasteiger partial charge is 1.00 e. The summed E-state index contributed by atoms with van der Waals surface area (Å²) in [6.45, 7) is 0. The third-order valence-electron chi connectivity index (χ3n) is 0.611. The molecule has 0 saturated heterocycles. The van der Waals surface area contributed by atoms with E-state index in [4.69, 9.17) is 0 Å². The summed E-state index contributed by atoms with van der Waals surface area (Å²) >= 11 is 3.41. The normalized spacial score (nSPS) is 8.12. The summed E-state index contributed by atoms with van der Waals surface area (Å²) in [6.07, 6.45) is 3.92. The molecule has 0 radical (unpaired) electrons. The van der Waals surface area contributed by atoms with Crippen molar-refractivity contribution in [3.63, 3.8) is 0 Å². The second kappa shape index (κ2) is 4.82. The monoisotopic (exact) mass is 155 g/mol. The summed E-state index contributed by atoms with van der Waals surface area (Å²) in [4.78, 5) is 3.89. The second-order valence-electron chi connectivity index (χ2n) is 1.02. The van der Waals surface area contributed by atoms with Gasteiger partial charge in [-0.25, -0.2) is 0 Å². The van der Waals surface area contributed by atoms with Crippen LogP contribution in [0.1, 0.15) is 1.43 Å². The molecule has 0 atom stereocenters. The Kier molecular flexibility index (Phi) is 5.41. The quantitative estimate of drug-likeness (QED) is 0.380. The van der Waals surface area contributed by atoms with E-state index in [0.29, 0.717) is 0 Å². The predicted molar refractivity (Wildman–Crippen MR) is 35.0 cm³/mol. The summed E-state index contributed by atoms with van der Waals surface area (Å²) < 4.78 is 1.28. The van der Waals surface area contributed by atoms with E-state index in [1.165, 1.54) is 4.21 Å². The van der Waals surface area contributed by atoms with Crippen molar-refractivity contribution < 1.29 is 31.0 Å². The van der Waals surface area contributed by atoms with Gasteiger partial charge in [0.15, 0.2) is 0 Å². The molecule has 40 valence electrons. The van der Waals surface area contributed by atoms with Crippen molar-refractivity contribution in [1.82, 2.24) is 4.98 Å². The average Bonchev–Trinajstić information content (AvgIpc) is 2.14. The van der Waals surface area contributed by atoms with Crippen LogP contribution in [0.15, 0.2) is 15.9 Å². The molecule has 1 rings (SSSR count). The summed E-state index contributed by atoms with van der Waals surface area (Å²) in [5.41, 5.74) is 1.84. The minimum atomic E-state index is 0. The van der Waals surface area contributed by atoms with E-state index in [-0.39, 0.29) is 31.0 Å². The molecule has 0 fully saturated rings. The van der Waals surface area contributed by atoms with E-state index in [0.717, 1.165) is 0 Å². The van der Waals surface area contributed by atoms with E-state index in [2.05, 4.69) is 4.98 Å². The molecule has 0 saturated carbocycles. The van der Waals surface area contributed by atoms with Gasteiger partial charge in [0, 0.05) is 0 Å². The molecular formula is C4H6NNaS2. The van der Waals surface area contributed by atoms with Crippen LogP contribution in [0.3, 0.4) is 0 Å². The number of thiazole rings is 1. The molecular weight excluding hydrogens is 149 g/mol. The molecule has 0 unspecified atom stereocenters. The first kappa shape index (κ1) is 8.98. The molecule has 0 bridgehead atoms. The maximum Gasteiger partial charge on any atom is 1.00 e. The molecule has 0 N–H and O–H groups in total. The minimum Gasteiger partial charge on any atom is -1.00 e. The van der Waals surface area contributed by atoms with Gasteiger partial charge in [0.05, 0.1) is 15.9 Å². The summed E-state index contributed by atoms with van der Waals surface area (Å²) in [5, 5.41) is 0. The Bertz CT molecular complexity index is 133. The van der Waals surface area contributed by atoms with Crippen molar-refractivity contribution in [2.75, 3.05) is 6.26 Å². The van der Waals surface area contributed by atoms with Crippen molar-refractivity contribution in [2.45, 2.75) is 4.21 Å². The maximum absolute atomic E-state index is 3.89. The van der Waals surface area contributed by atoms with Gasteiger partial charge < -0.3 is 1.43 Å².